The van der Waals surface area contributed by atoms with Crippen molar-refractivity contribution in [2.75, 3.05) is 6.26 Å². The third-order valence-corrected chi connectivity index (χ3v) is 2.61. The van der Waals surface area contributed by atoms with Crippen LogP contribution in [-0.2, 0) is 6.18 Å². The molecule has 0 radical (unpaired) electrons. The van der Waals surface area contributed by atoms with E-state index in [1.54, 1.807) is 13.2 Å². The van der Waals surface area contributed by atoms with E-state index in [9.17, 15) is 22.0 Å². The third kappa shape index (κ3) is 3.56. The molecule has 0 N–H and O–H groups in total. The number of aliphatic imine (C=N–C) groups is 1. The Hall–Kier alpha value is -1.37. The maximum atomic E-state index is 13.8. The largest absolute Gasteiger partial charge is 0.422 e. The summed E-state index contributed by atoms with van der Waals surface area (Å²) in [5, 5.41) is 1.39. The van der Waals surface area contributed by atoms with Crippen molar-refractivity contribution in [3.8, 4) is 0 Å². The normalized spacial score (nSPS) is 13.3. The van der Waals surface area contributed by atoms with Crippen LogP contribution in [0.2, 0.25) is 0 Å². The summed E-state index contributed by atoms with van der Waals surface area (Å²) < 4.78 is 64.7. The molecule has 1 aromatic carbocycles. The Morgan fingerprint density at radius 1 is 1.26 bits per heavy atom. The highest BCUT2D eigenvalue weighted by molar-refractivity contribution is 8.01. The number of rotatable bonds is 3. The fourth-order valence-electron chi connectivity index (χ4n) is 1.42. The van der Waals surface area contributed by atoms with Crippen LogP contribution in [0, 0.1) is 11.6 Å². The monoisotopic (exact) mass is 295 g/mol. The van der Waals surface area contributed by atoms with Gasteiger partial charge in [-0.1, -0.05) is 0 Å². The lowest BCUT2D eigenvalue weighted by Gasteiger charge is -2.12. The molecule has 0 heterocycles. The van der Waals surface area contributed by atoms with Crippen molar-refractivity contribution in [3.63, 3.8) is 0 Å². The second kappa shape index (κ2) is 6.18. The van der Waals surface area contributed by atoms with E-state index < -0.39 is 23.4 Å². The number of nitrogens with zero attached hydrogens (tertiary/aromatic N) is 1. The molecule has 1 aromatic rings. The predicted molar refractivity (Wildman–Crippen MR) is 67.0 cm³/mol. The fraction of sp³-hybridized carbons (Fsp3) is 0.250. The van der Waals surface area contributed by atoms with E-state index in [1.165, 1.54) is 11.6 Å². The minimum absolute atomic E-state index is 0.0120. The summed E-state index contributed by atoms with van der Waals surface area (Å²) in [6, 6.07) is 1.52. The topological polar surface area (TPSA) is 12.4 Å². The van der Waals surface area contributed by atoms with Gasteiger partial charge >= 0.3 is 6.18 Å². The molecule has 0 amide bonds. The van der Waals surface area contributed by atoms with Crippen LogP contribution in [0.1, 0.15) is 18.1 Å². The summed E-state index contributed by atoms with van der Waals surface area (Å²) in [4.78, 5) is 3.78. The summed E-state index contributed by atoms with van der Waals surface area (Å²) in [5.41, 5.74) is -2.28. The van der Waals surface area contributed by atoms with Gasteiger partial charge in [0.1, 0.15) is 17.2 Å². The molecule has 0 aliphatic heterocycles. The Kier molecular flexibility index (Phi) is 5.11. The molecule has 0 aliphatic carbocycles. The van der Waals surface area contributed by atoms with Crippen molar-refractivity contribution in [1.29, 1.82) is 0 Å². The summed E-state index contributed by atoms with van der Waals surface area (Å²) in [7, 11) is 0. The van der Waals surface area contributed by atoms with Gasteiger partial charge in [-0.15, -0.1) is 11.8 Å². The van der Waals surface area contributed by atoms with Crippen LogP contribution >= 0.6 is 11.8 Å². The zero-order chi connectivity index (χ0) is 14.6. The Bertz CT molecular complexity index is 520. The number of benzene rings is 1. The SMILES string of the molecule is CC=N/C(=C\SC)c1ccc(F)c(C(F)(F)F)c1F. The molecular weight excluding hydrogens is 285 g/mol. The molecule has 0 atom stereocenters. The summed E-state index contributed by atoms with van der Waals surface area (Å²) in [5.74, 6) is -3.30. The van der Waals surface area contributed by atoms with Crippen LogP contribution in [-0.4, -0.2) is 12.5 Å². The molecule has 0 saturated heterocycles. The molecule has 0 aliphatic rings. The number of hydrogen-bond donors (Lipinski definition) is 0. The minimum Gasteiger partial charge on any atom is -0.260 e. The lowest BCUT2D eigenvalue weighted by atomic mass is 10.1. The zero-order valence-corrected chi connectivity index (χ0v) is 10.9. The Labute approximate surface area is 111 Å². The first-order valence-corrected chi connectivity index (χ1v) is 6.39. The third-order valence-electron chi connectivity index (χ3n) is 2.15. The van der Waals surface area contributed by atoms with Crippen LogP contribution in [0.5, 0.6) is 0 Å². The maximum Gasteiger partial charge on any atom is 0.422 e. The first-order chi connectivity index (χ1) is 8.82. The molecule has 19 heavy (non-hydrogen) atoms. The van der Waals surface area contributed by atoms with Crippen LogP contribution in [0.3, 0.4) is 0 Å². The van der Waals surface area contributed by atoms with Crippen molar-refractivity contribution in [3.05, 3.63) is 40.3 Å². The van der Waals surface area contributed by atoms with Crippen molar-refractivity contribution >= 4 is 23.7 Å². The summed E-state index contributed by atoms with van der Waals surface area (Å²) in [6.45, 7) is 1.54. The van der Waals surface area contributed by atoms with Gasteiger partial charge in [0, 0.05) is 11.8 Å². The lowest BCUT2D eigenvalue weighted by molar-refractivity contribution is -0.142. The van der Waals surface area contributed by atoms with Crippen LogP contribution in [0.4, 0.5) is 22.0 Å². The smallest absolute Gasteiger partial charge is 0.260 e. The molecule has 0 fully saturated rings. The van der Waals surface area contributed by atoms with Crippen molar-refractivity contribution in [1.82, 2.24) is 0 Å². The van der Waals surface area contributed by atoms with Gasteiger partial charge in [-0.2, -0.15) is 13.2 Å². The Balaban J connectivity index is 3.51. The van der Waals surface area contributed by atoms with Gasteiger partial charge in [0.2, 0.25) is 0 Å². The van der Waals surface area contributed by atoms with Crippen LogP contribution in [0.15, 0.2) is 22.5 Å². The van der Waals surface area contributed by atoms with Gasteiger partial charge in [-0.25, -0.2) is 8.78 Å². The predicted octanol–water partition coefficient (Wildman–Crippen LogP) is 4.74. The van der Waals surface area contributed by atoms with Gasteiger partial charge in [-0.3, -0.25) is 4.99 Å². The van der Waals surface area contributed by atoms with E-state index in [-0.39, 0.29) is 11.3 Å². The van der Waals surface area contributed by atoms with E-state index in [0.29, 0.717) is 6.07 Å². The van der Waals surface area contributed by atoms with Crippen molar-refractivity contribution in [2.24, 2.45) is 4.99 Å². The van der Waals surface area contributed by atoms with Gasteiger partial charge < -0.3 is 0 Å². The van der Waals surface area contributed by atoms with Crippen molar-refractivity contribution in [2.45, 2.75) is 13.1 Å². The van der Waals surface area contributed by atoms with E-state index >= 15 is 0 Å². The van der Waals surface area contributed by atoms with E-state index in [4.69, 9.17) is 0 Å². The zero-order valence-electron chi connectivity index (χ0n) is 10.1. The highest BCUT2D eigenvalue weighted by Crippen LogP contribution is 2.36. The van der Waals surface area contributed by atoms with Gasteiger partial charge in [0.05, 0.1) is 5.70 Å². The molecule has 104 valence electrons. The molecule has 0 unspecified atom stereocenters. The Morgan fingerprint density at radius 2 is 1.89 bits per heavy atom. The lowest BCUT2D eigenvalue weighted by Crippen LogP contribution is -2.12. The van der Waals surface area contributed by atoms with Gasteiger partial charge in [0.15, 0.2) is 0 Å². The molecule has 0 aromatic heterocycles. The highest BCUT2D eigenvalue weighted by Gasteiger charge is 2.38. The molecule has 1 rings (SSSR count). The van der Waals surface area contributed by atoms with Crippen LogP contribution in [0.25, 0.3) is 5.70 Å². The summed E-state index contributed by atoms with van der Waals surface area (Å²) >= 11 is 1.15. The van der Waals surface area contributed by atoms with Gasteiger partial charge in [-0.05, 0) is 30.7 Å². The number of alkyl halides is 3. The first-order valence-electron chi connectivity index (χ1n) is 5.10. The van der Waals surface area contributed by atoms with Crippen LogP contribution < -0.4 is 0 Å². The quantitative estimate of drug-likeness (QED) is 0.580. The maximum absolute atomic E-state index is 13.8. The number of thioether (sulfide) groups is 1. The molecule has 0 spiro atoms. The standard InChI is InChI=1S/C12H10F5NS/c1-3-18-9(6-19-2)7-4-5-8(13)10(11(7)14)12(15,16)17/h3-6H,1-2H3/b9-6-,18-3?. The molecule has 1 nitrogen and oxygen atoms in total. The molecular formula is C12H10F5NS. The number of hydrogen-bond acceptors (Lipinski definition) is 2. The fourth-order valence-corrected chi connectivity index (χ4v) is 1.84. The highest BCUT2D eigenvalue weighted by atomic mass is 32.2. The van der Waals surface area contributed by atoms with E-state index in [1.807, 2.05) is 0 Å². The molecule has 0 saturated carbocycles. The minimum atomic E-state index is -5.09. The second-order valence-electron chi connectivity index (χ2n) is 3.41. The molecule has 7 heteroatoms. The average molecular weight is 295 g/mol. The second-order valence-corrected chi connectivity index (χ2v) is 4.11. The van der Waals surface area contributed by atoms with E-state index in [2.05, 4.69) is 4.99 Å². The first kappa shape index (κ1) is 15.7. The molecule has 0 bridgehead atoms. The average Bonchev–Trinajstić information content (AvgIpc) is 2.27. The van der Waals surface area contributed by atoms with E-state index in [0.717, 1.165) is 17.8 Å². The summed E-state index contributed by atoms with van der Waals surface area (Å²) in [6.07, 6.45) is -2.13. The Morgan fingerprint density at radius 3 is 2.37 bits per heavy atom. The number of halogens is 5. The van der Waals surface area contributed by atoms with Crippen molar-refractivity contribution < 1.29 is 22.0 Å². The van der Waals surface area contributed by atoms with Gasteiger partial charge in [0.25, 0.3) is 0 Å².